The molecule has 4 aromatic rings. The predicted molar refractivity (Wildman–Crippen MR) is 137 cm³/mol. The molecule has 0 bridgehead atoms. The first-order chi connectivity index (χ1) is 16.8. The lowest BCUT2D eigenvalue weighted by Gasteiger charge is -2.14. The van der Waals surface area contributed by atoms with E-state index in [-0.39, 0.29) is 16.3 Å². The topological polar surface area (TPSA) is 95.9 Å². The number of ether oxygens (including phenoxy) is 3. The molecular weight excluding hydrogens is 512 g/mol. The van der Waals surface area contributed by atoms with Crippen LogP contribution in [-0.2, 0) is 23.1 Å². The van der Waals surface area contributed by atoms with Crippen LogP contribution in [0.2, 0.25) is 5.02 Å². The summed E-state index contributed by atoms with van der Waals surface area (Å²) in [6.45, 7) is 0.296. The molecule has 0 saturated carbocycles. The van der Waals surface area contributed by atoms with Gasteiger partial charge in [0.15, 0.2) is 11.5 Å². The van der Waals surface area contributed by atoms with Gasteiger partial charge >= 0.3 is 4.87 Å². The Bertz CT molecular complexity index is 1520. The number of thiazole rings is 1. The Hall–Kier alpha value is -3.05. The largest absolute Gasteiger partial charge is 0.493 e. The van der Waals surface area contributed by atoms with E-state index in [0.717, 1.165) is 16.9 Å². The summed E-state index contributed by atoms with van der Waals surface area (Å²) < 4.78 is 46.7. The third kappa shape index (κ3) is 5.15. The minimum absolute atomic E-state index is 0.000830. The Kier molecular flexibility index (Phi) is 7.36. The van der Waals surface area contributed by atoms with Gasteiger partial charge in [0.25, 0.3) is 0 Å². The Balaban J connectivity index is 1.60. The fraction of sp³-hybridized carbons (Fsp3) is 0.208. The molecule has 0 unspecified atom stereocenters. The quantitative estimate of drug-likeness (QED) is 0.344. The average Bonchev–Trinajstić information content (AvgIpc) is 3.17. The van der Waals surface area contributed by atoms with E-state index in [0.29, 0.717) is 44.6 Å². The molecule has 1 aromatic heterocycles. The fourth-order valence-electron chi connectivity index (χ4n) is 3.66. The van der Waals surface area contributed by atoms with Crippen LogP contribution in [0, 0.1) is 0 Å². The van der Waals surface area contributed by atoms with Crippen LogP contribution in [0.4, 0.5) is 0 Å². The molecular formula is C24H23ClN2O6S2. The smallest absolute Gasteiger partial charge is 0.308 e. The summed E-state index contributed by atoms with van der Waals surface area (Å²) in [4.78, 5) is 12.5. The van der Waals surface area contributed by atoms with Crippen LogP contribution < -0.4 is 23.8 Å². The summed E-state index contributed by atoms with van der Waals surface area (Å²) in [6.07, 6.45) is 0. The summed E-state index contributed by atoms with van der Waals surface area (Å²) >= 11 is 7.24. The van der Waals surface area contributed by atoms with Crippen LogP contribution >= 0.6 is 22.9 Å². The van der Waals surface area contributed by atoms with Crippen molar-refractivity contribution in [2.45, 2.75) is 18.0 Å². The Morgan fingerprint density at radius 2 is 1.66 bits per heavy atom. The normalized spacial score (nSPS) is 11.5. The highest BCUT2D eigenvalue weighted by Crippen LogP contribution is 2.38. The molecule has 0 saturated heterocycles. The molecule has 8 nitrogen and oxygen atoms in total. The van der Waals surface area contributed by atoms with Crippen LogP contribution in [0.5, 0.6) is 17.2 Å². The van der Waals surface area contributed by atoms with Gasteiger partial charge in [0.05, 0.1) is 43.0 Å². The number of sulfonamides is 1. The predicted octanol–water partition coefficient (Wildman–Crippen LogP) is 4.27. The number of hydrogen-bond acceptors (Lipinski definition) is 7. The third-order valence-corrected chi connectivity index (χ3v) is 8.14. The van der Waals surface area contributed by atoms with Crippen molar-refractivity contribution in [1.82, 2.24) is 9.29 Å². The van der Waals surface area contributed by atoms with Crippen molar-refractivity contribution in [1.29, 1.82) is 0 Å². The van der Waals surface area contributed by atoms with Crippen molar-refractivity contribution in [2.24, 2.45) is 0 Å². The van der Waals surface area contributed by atoms with E-state index in [4.69, 9.17) is 25.8 Å². The average molecular weight is 535 g/mol. The number of rotatable bonds is 9. The molecule has 1 N–H and O–H groups in total. The molecule has 0 aliphatic rings. The van der Waals surface area contributed by atoms with E-state index in [1.165, 1.54) is 33.5 Å². The van der Waals surface area contributed by atoms with Gasteiger partial charge < -0.3 is 14.2 Å². The van der Waals surface area contributed by atoms with Crippen molar-refractivity contribution in [2.75, 3.05) is 21.3 Å². The van der Waals surface area contributed by atoms with Gasteiger partial charge in [-0.1, -0.05) is 41.1 Å². The molecule has 35 heavy (non-hydrogen) atoms. The number of halogens is 1. The molecule has 0 aliphatic heterocycles. The fourth-order valence-corrected chi connectivity index (χ4v) is 5.90. The lowest BCUT2D eigenvalue weighted by atomic mass is 10.2. The maximum atomic E-state index is 13.0. The SMILES string of the molecule is COc1cc(CNS(=O)(=O)c2ccc3c(c2)sc(=O)n3Cc2ccccc2Cl)cc(OC)c1OC. The maximum Gasteiger partial charge on any atom is 0.308 e. The van der Waals surface area contributed by atoms with E-state index in [2.05, 4.69) is 4.72 Å². The number of benzene rings is 3. The zero-order valence-electron chi connectivity index (χ0n) is 19.2. The monoisotopic (exact) mass is 534 g/mol. The Morgan fingerprint density at radius 1 is 0.971 bits per heavy atom. The highest BCUT2D eigenvalue weighted by Gasteiger charge is 2.19. The van der Waals surface area contributed by atoms with Crippen molar-refractivity contribution >= 4 is 43.2 Å². The van der Waals surface area contributed by atoms with Crippen molar-refractivity contribution < 1.29 is 22.6 Å². The second-order valence-corrected chi connectivity index (χ2v) is 10.7. The molecule has 3 aromatic carbocycles. The lowest BCUT2D eigenvalue weighted by molar-refractivity contribution is 0.323. The van der Waals surface area contributed by atoms with Crippen molar-refractivity contribution in [3.05, 3.63) is 80.4 Å². The van der Waals surface area contributed by atoms with Crippen molar-refractivity contribution in [3.8, 4) is 17.2 Å². The molecule has 11 heteroatoms. The van der Waals surface area contributed by atoms with Crippen LogP contribution in [-0.4, -0.2) is 34.3 Å². The van der Waals surface area contributed by atoms with E-state index in [1.807, 2.05) is 18.2 Å². The first kappa shape index (κ1) is 25.1. The summed E-state index contributed by atoms with van der Waals surface area (Å²) in [7, 11) is 0.612. The number of hydrogen-bond donors (Lipinski definition) is 1. The lowest BCUT2D eigenvalue weighted by Crippen LogP contribution is -2.23. The molecule has 0 spiro atoms. The third-order valence-electron chi connectivity index (χ3n) is 5.43. The molecule has 0 amide bonds. The zero-order chi connectivity index (χ0) is 25.2. The van der Waals surface area contributed by atoms with E-state index < -0.39 is 10.0 Å². The molecule has 0 fully saturated rings. The van der Waals surface area contributed by atoms with E-state index in [1.54, 1.807) is 28.8 Å². The number of nitrogens with one attached hydrogen (secondary N) is 1. The second-order valence-electron chi connectivity index (χ2n) is 7.53. The van der Waals surface area contributed by atoms with Gasteiger partial charge in [-0.05, 0) is 47.5 Å². The molecule has 4 rings (SSSR count). The molecule has 184 valence electrons. The highest BCUT2D eigenvalue weighted by molar-refractivity contribution is 7.89. The van der Waals surface area contributed by atoms with E-state index in [9.17, 15) is 13.2 Å². The van der Waals surface area contributed by atoms with Gasteiger partial charge in [-0.2, -0.15) is 0 Å². The van der Waals surface area contributed by atoms with Gasteiger partial charge in [-0.15, -0.1) is 0 Å². The van der Waals surface area contributed by atoms with Crippen LogP contribution in [0.25, 0.3) is 10.2 Å². The zero-order valence-corrected chi connectivity index (χ0v) is 21.6. The summed E-state index contributed by atoms with van der Waals surface area (Å²) in [6, 6.07) is 15.3. The molecule has 0 atom stereocenters. The van der Waals surface area contributed by atoms with Gasteiger partial charge in [0.2, 0.25) is 15.8 Å². The first-order valence-corrected chi connectivity index (χ1v) is 13.1. The number of methoxy groups -OCH3 is 3. The van der Waals surface area contributed by atoms with Gasteiger partial charge in [-0.25, -0.2) is 13.1 Å². The van der Waals surface area contributed by atoms with Crippen LogP contribution in [0.1, 0.15) is 11.1 Å². The Labute approximate surface area is 211 Å². The van der Waals surface area contributed by atoms with Gasteiger partial charge in [0.1, 0.15) is 0 Å². The standard InChI is InChI=1S/C24H23ClN2O6S2/c1-31-20-10-15(11-21(32-2)23(20)33-3)13-26-35(29,30)17-8-9-19-22(12-17)34-24(28)27(19)14-16-6-4-5-7-18(16)25/h4-12,26H,13-14H2,1-3H3. The summed E-state index contributed by atoms with van der Waals surface area (Å²) in [5.41, 5.74) is 2.07. The number of fused-ring (bicyclic) bond motifs is 1. The van der Waals surface area contributed by atoms with Gasteiger partial charge in [0, 0.05) is 11.6 Å². The molecule has 1 heterocycles. The van der Waals surface area contributed by atoms with Crippen LogP contribution in [0.3, 0.4) is 0 Å². The number of nitrogens with zero attached hydrogens (tertiary/aromatic N) is 1. The molecule has 0 radical (unpaired) electrons. The highest BCUT2D eigenvalue weighted by atomic mass is 35.5. The van der Waals surface area contributed by atoms with E-state index >= 15 is 0 Å². The minimum atomic E-state index is -3.86. The van der Waals surface area contributed by atoms with Crippen molar-refractivity contribution in [3.63, 3.8) is 0 Å². The minimum Gasteiger partial charge on any atom is -0.493 e. The first-order valence-electron chi connectivity index (χ1n) is 10.4. The van der Waals surface area contributed by atoms with Crippen LogP contribution in [0.15, 0.2) is 64.3 Å². The number of aromatic nitrogens is 1. The molecule has 0 aliphatic carbocycles. The van der Waals surface area contributed by atoms with Gasteiger partial charge in [-0.3, -0.25) is 9.36 Å². The maximum absolute atomic E-state index is 13.0. The summed E-state index contributed by atoms with van der Waals surface area (Å²) in [5.74, 6) is 1.27. The second kappa shape index (κ2) is 10.3. The summed E-state index contributed by atoms with van der Waals surface area (Å²) in [5, 5.41) is 0.564. The Morgan fingerprint density at radius 3 is 2.29 bits per heavy atom.